The lowest BCUT2D eigenvalue weighted by molar-refractivity contribution is -0.0114. The Hall–Kier alpha value is -1.01. The van der Waals surface area contributed by atoms with Gasteiger partial charge in [0.1, 0.15) is 0 Å². The molecule has 1 aromatic rings. The molecule has 6 nitrogen and oxygen atoms in total. The first-order valence-corrected chi connectivity index (χ1v) is 8.24. The number of nitrogens with one attached hydrogen (secondary N) is 1. The summed E-state index contributed by atoms with van der Waals surface area (Å²) < 4.78 is 0. The van der Waals surface area contributed by atoms with Gasteiger partial charge in [-0.2, -0.15) is 4.80 Å². The Kier molecular flexibility index (Phi) is 3.78. The summed E-state index contributed by atoms with van der Waals surface area (Å²) in [6.45, 7) is 9.92. The van der Waals surface area contributed by atoms with Crippen molar-refractivity contribution in [1.29, 1.82) is 0 Å². The average molecular weight is 292 g/mol. The number of rotatable bonds is 5. The van der Waals surface area contributed by atoms with Crippen molar-refractivity contribution in [2.24, 2.45) is 13.0 Å². The largest absolute Gasteiger partial charge is 0.308 e. The van der Waals surface area contributed by atoms with Crippen LogP contribution in [0.25, 0.3) is 0 Å². The molecule has 1 aromatic heterocycles. The second-order valence-corrected chi connectivity index (χ2v) is 7.03. The number of aromatic nitrogens is 4. The maximum Gasteiger partial charge on any atom is 0.188 e. The molecule has 118 valence electrons. The maximum absolute atomic E-state index is 4.38. The Labute approximate surface area is 127 Å². The summed E-state index contributed by atoms with van der Waals surface area (Å²) in [5, 5.41) is 16.4. The van der Waals surface area contributed by atoms with Crippen molar-refractivity contribution in [3.05, 3.63) is 5.82 Å². The Morgan fingerprint density at radius 1 is 1.29 bits per heavy atom. The van der Waals surface area contributed by atoms with Crippen molar-refractivity contribution < 1.29 is 0 Å². The molecule has 1 aliphatic heterocycles. The van der Waals surface area contributed by atoms with Gasteiger partial charge < -0.3 is 5.32 Å². The topological polar surface area (TPSA) is 58.9 Å². The van der Waals surface area contributed by atoms with Gasteiger partial charge in [0.2, 0.25) is 0 Å². The third-order valence-electron chi connectivity index (χ3n) is 5.69. The molecule has 6 heteroatoms. The minimum atomic E-state index is 0.216. The quantitative estimate of drug-likeness (QED) is 0.887. The Morgan fingerprint density at radius 3 is 2.52 bits per heavy atom. The molecular weight excluding hydrogens is 264 g/mol. The first-order chi connectivity index (χ1) is 10.0. The van der Waals surface area contributed by atoms with E-state index in [0.717, 1.165) is 44.2 Å². The summed E-state index contributed by atoms with van der Waals surface area (Å²) in [6, 6.07) is 0. The Bertz CT molecular complexity index is 490. The summed E-state index contributed by atoms with van der Waals surface area (Å²) in [7, 11) is 1.83. The van der Waals surface area contributed by atoms with Crippen molar-refractivity contribution in [3.8, 4) is 0 Å². The van der Waals surface area contributed by atoms with Gasteiger partial charge in [-0.1, -0.05) is 13.8 Å². The molecule has 1 unspecified atom stereocenters. The predicted octanol–water partition coefficient (Wildman–Crippen LogP) is 1.34. The molecule has 21 heavy (non-hydrogen) atoms. The van der Waals surface area contributed by atoms with Gasteiger partial charge in [-0.25, -0.2) is 0 Å². The van der Waals surface area contributed by atoms with E-state index in [4.69, 9.17) is 0 Å². The standard InChI is InChI=1S/C15H28N6/c1-5-15(6-2)10-16-14(3,12-7-8-12)11-21(15)9-13-17-19-20(4)18-13/h12,16H,5-11H2,1-4H3. The van der Waals surface area contributed by atoms with Gasteiger partial charge in [0.25, 0.3) is 0 Å². The molecule has 3 rings (SSSR count). The van der Waals surface area contributed by atoms with E-state index in [1.165, 1.54) is 12.8 Å². The lowest BCUT2D eigenvalue weighted by Crippen LogP contribution is -2.69. The van der Waals surface area contributed by atoms with E-state index in [-0.39, 0.29) is 11.1 Å². The summed E-state index contributed by atoms with van der Waals surface area (Å²) in [5.74, 6) is 1.67. The molecule has 0 radical (unpaired) electrons. The van der Waals surface area contributed by atoms with Crippen molar-refractivity contribution >= 4 is 0 Å². The van der Waals surface area contributed by atoms with Gasteiger partial charge in [-0.15, -0.1) is 10.2 Å². The maximum atomic E-state index is 4.38. The first kappa shape index (κ1) is 14.9. The summed E-state index contributed by atoms with van der Waals surface area (Å²) in [6.07, 6.45) is 5.03. The van der Waals surface area contributed by atoms with Crippen LogP contribution in [0.15, 0.2) is 0 Å². The van der Waals surface area contributed by atoms with Crippen LogP contribution in [0.5, 0.6) is 0 Å². The number of tetrazole rings is 1. The molecule has 1 atom stereocenters. The minimum Gasteiger partial charge on any atom is -0.308 e. The predicted molar refractivity (Wildman–Crippen MR) is 81.7 cm³/mol. The molecule has 1 saturated heterocycles. The molecule has 2 aliphatic rings. The van der Waals surface area contributed by atoms with Crippen LogP contribution in [0.1, 0.15) is 52.3 Å². The zero-order chi connectivity index (χ0) is 15.1. The monoisotopic (exact) mass is 292 g/mol. The van der Waals surface area contributed by atoms with Crippen LogP contribution >= 0.6 is 0 Å². The highest BCUT2D eigenvalue weighted by Gasteiger charge is 2.50. The summed E-state index contributed by atoms with van der Waals surface area (Å²) in [4.78, 5) is 4.16. The second-order valence-electron chi connectivity index (χ2n) is 7.03. The highest BCUT2D eigenvalue weighted by molar-refractivity contribution is 5.08. The molecule has 0 aromatic carbocycles. The molecule has 1 saturated carbocycles. The lowest BCUT2D eigenvalue weighted by Gasteiger charge is -2.53. The van der Waals surface area contributed by atoms with Crippen LogP contribution in [0.4, 0.5) is 0 Å². The van der Waals surface area contributed by atoms with Gasteiger partial charge in [0, 0.05) is 24.2 Å². The van der Waals surface area contributed by atoms with Crippen molar-refractivity contribution in [1.82, 2.24) is 30.4 Å². The number of hydrogen-bond acceptors (Lipinski definition) is 5. The van der Waals surface area contributed by atoms with Gasteiger partial charge in [-0.3, -0.25) is 4.90 Å². The number of aryl methyl sites for hydroxylation is 1. The molecule has 0 spiro atoms. The molecule has 0 amide bonds. The number of nitrogens with zero attached hydrogens (tertiary/aromatic N) is 5. The number of piperazine rings is 1. The number of hydrogen-bond donors (Lipinski definition) is 1. The van der Waals surface area contributed by atoms with Crippen LogP contribution in [-0.4, -0.2) is 49.3 Å². The normalized spacial score (nSPS) is 29.7. The van der Waals surface area contributed by atoms with Crippen molar-refractivity contribution in [2.45, 2.75) is 64.1 Å². The van der Waals surface area contributed by atoms with E-state index >= 15 is 0 Å². The average Bonchev–Trinajstić information content (AvgIpc) is 3.25. The summed E-state index contributed by atoms with van der Waals surface area (Å²) >= 11 is 0. The molecule has 1 aliphatic carbocycles. The first-order valence-electron chi connectivity index (χ1n) is 8.24. The van der Waals surface area contributed by atoms with Gasteiger partial charge in [-0.05, 0) is 43.7 Å². The zero-order valence-electron chi connectivity index (χ0n) is 13.8. The van der Waals surface area contributed by atoms with Crippen LogP contribution in [0, 0.1) is 5.92 Å². The molecule has 2 fully saturated rings. The third kappa shape index (κ3) is 2.71. The molecule has 1 N–H and O–H groups in total. The fraction of sp³-hybridized carbons (Fsp3) is 0.933. The third-order valence-corrected chi connectivity index (χ3v) is 5.69. The smallest absolute Gasteiger partial charge is 0.188 e. The fourth-order valence-corrected chi connectivity index (χ4v) is 3.82. The van der Waals surface area contributed by atoms with Gasteiger partial charge >= 0.3 is 0 Å². The van der Waals surface area contributed by atoms with E-state index < -0.39 is 0 Å². The molecule has 2 heterocycles. The zero-order valence-corrected chi connectivity index (χ0v) is 13.8. The van der Waals surface area contributed by atoms with E-state index in [9.17, 15) is 0 Å². The van der Waals surface area contributed by atoms with Crippen LogP contribution in [0.3, 0.4) is 0 Å². The summed E-state index contributed by atoms with van der Waals surface area (Å²) in [5.41, 5.74) is 0.462. The van der Waals surface area contributed by atoms with Gasteiger partial charge in [0.05, 0.1) is 13.6 Å². The fourth-order valence-electron chi connectivity index (χ4n) is 3.82. The molecule has 0 bridgehead atoms. The molecular formula is C15H28N6. The van der Waals surface area contributed by atoms with E-state index in [0.29, 0.717) is 0 Å². The van der Waals surface area contributed by atoms with Crippen molar-refractivity contribution in [3.63, 3.8) is 0 Å². The Balaban J connectivity index is 1.82. The van der Waals surface area contributed by atoms with E-state index in [1.54, 1.807) is 4.80 Å². The highest BCUT2D eigenvalue weighted by atomic mass is 15.6. The SMILES string of the molecule is CCC1(CC)CNC(C)(C2CC2)CN1Cc1nnn(C)n1. The minimum absolute atomic E-state index is 0.216. The second kappa shape index (κ2) is 5.32. The van der Waals surface area contributed by atoms with E-state index in [1.807, 2.05) is 7.05 Å². The van der Waals surface area contributed by atoms with Crippen LogP contribution in [0.2, 0.25) is 0 Å². The van der Waals surface area contributed by atoms with E-state index in [2.05, 4.69) is 46.4 Å². The highest BCUT2D eigenvalue weighted by Crippen LogP contribution is 2.43. The lowest BCUT2D eigenvalue weighted by atomic mass is 9.81. The van der Waals surface area contributed by atoms with Crippen LogP contribution in [-0.2, 0) is 13.6 Å². The van der Waals surface area contributed by atoms with Gasteiger partial charge in [0.15, 0.2) is 5.82 Å². The Morgan fingerprint density at radius 2 is 2.00 bits per heavy atom. The van der Waals surface area contributed by atoms with Crippen LogP contribution < -0.4 is 5.32 Å². The van der Waals surface area contributed by atoms with Crippen molar-refractivity contribution in [2.75, 3.05) is 13.1 Å².